The second-order valence-electron chi connectivity index (χ2n) is 11.7. The molecule has 0 amide bonds. The summed E-state index contributed by atoms with van der Waals surface area (Å²) in [7, 11) is 0. The minimum absolute atomic E-state index is 0.452. The van der Waals surface area contributed by atoms with Crippen molar-refractivity contribution in [2.75, 3.05) is 0 Å². The molecule has 1 unspecified atom stereocenters. The number of aryl methyl sites for hydroxylation is 2. The van der Waals surface area contributed by atoms with Gasteiger partial charge in [0.1, 0.15) is 0 Å². The molecule has 0 heteroatoms. The van der Waals surface area contributed by atoms with Crippen LogP contribution < -0.4 is 0 Å². The molecule has 0 aromatic heterocycles. The van der Waals surface area contributed by atoms with Gasteiger partial charge in [-0.1, -0.05) is 105 Å². The first-order valence-corrected chi connectivity index (χ1v) is 13.6. The Kier molecular flexibility index (Phi) is 6.45. The highest BCUT2D eigenvalue weighted by atomic mass is 14.4. The lowest BCUT2D eigenvalue weighted by Crippen LogP contribution is -2.20. The quantitative estimate of drug-likeness (QED) is 0.398. The van der Waals surface area contributed by atoms with E-state index in [1.807, 2.05) is 0 Å². The van der Waals surface area contributed by atoms with E-state index in [1.54, 1.807) is 11.1 Å². The fraction of sp³-hybridized carbons (Fsp3) is 0.471. The number of hydrogen-bond donors (Lipinski definition) is 0. The molecule has 0 aliphatic heterocycles. The Morgan fingerprint density at radius 2 is 1.71 bits per heavy atom. The maximum atomic E-state index is 4.40. The van der Waals surface area contributed by atoms with E-state index in [0.29, 0.717) is 11.8 Å². The normalized spacial score (nSPS) is 23.8. The highest BCUT2D eigenvalue weighted by Gasteiger charge is 2.32. The molecule has 3 aliphatic rings. The first kappa shape index (κ1) is 23.4. The lowest BCUT2D eigenvalue weighted by molar-refractivity contribution is 0.254. The maximum Gasteiger partial charge on any atom is 0.00649 e. The van der Waals surface area contributed by atoms with E-state index in [9.17, 15) is 0 Å². The molecule has 34 heavy (non-hydrogen) atoms. The third kappa shape index (κ3) is 4.26. The molecule has 0 bridgehead atoms. The fourth-order valence-electron chi connectivity index (χ4n) is 7.25. The molecule has 0 heterocycles. The summed E-state index contributed by atoms with van der Waals surface area (Å²) in [5.74, 6) is 2.60. The van der Waals surface area contributed by atoms with Crippen molar-refractivity contribution in [3.63, 3.8) is 0 Å². The molecule has 3 atom stereocenters. The predicted molar refractivity (Wildman–Crippen MR) is 148 cm³/mol. The highest BCUT2D eigenvalue weighted by molar-refractivity contribution is 5.80. The van der Waals surface area contributed by atoms with E-state index >= 15 is 0 Å². The van der Waals surface area contributed by atoms with Crippen LogP contribution in [0.5, 0.6) is 0 Å². The van der Waals surface area contributed by atoms with Gasteiger partial charge in [-0.2, -0.15) is 0 Å². The first-order chi connectivity index (χ1) is 16.3. The molecule has 3 aliphatic carbocycles. The molecule has 0 nitrogen and oxygen atoms in total. The van der Waals surface area contributed by atoms with E-state index in [4.69, 9.17) is 0 Å². The molecule has 2 aromatic carbocycles. The van der Waals surface area contributed by atoms with Gasteiger partial charge in [0.25, 0.3) is 0 Å². The zero-order valence-corrected chi connectivity index (χ0v) is 21.8. The highest BCUT2D eigenvalue weighted by Crippen LogP contribution is 2.46. The van der Waals surface area contributed by atoms with Crippen molar-refractivity contribution in [3.05, 3.63) is 88.0 Å². The second kappa shape index (κ2) is 9.37. The molecule has 2 saturated carbocycles. The lowest BCUT2D eigenvalue weighted by Gasteiger charge is -2.30. The van der Waals surface area contributed by atoms with Crippen LogP contribution >= 0.6 is 0 Å². The van der Waals surface area contributed by atoms with E-state index in [-0.39, 0.29) is 0 Å². The van der Waals surface area contributed by atoms with Crippen LogP contribution in [0.2, 0.25) is 0 Å². The molecular formula is C34H42. The van der Waals surface area contributed by atoms with Crippen LogP contribution in [-0.4, -0.2) is 0 Å². The molecule has 2 fully saturated rings. The average molecular weight is 451 g/mol. The Hall–Kier alpha value is -2.34. The van der Waals surface area contributed by atoms with Gasteiger partial charge < -0.3 is 0 Å². The van der Waals surface area contributed by atoms with Crippen LogP contribution in [0.15, 0.2) is 60.2 Å². The Balaban J connectivity index is 1.50. The molecule has 5 rings (SSSR count). The largest absolute Gasteiger partial charge is 0.0992 e. The van der Waals surface area contributed by atoms with Crippen LogP contribution in [0.4, 0.5) is 0 Å². The number of benzene rings is 2. The van der Waals surface area contributed by atoms with E-state index in [2.05, 4.69) is 77.3 Å². The third-order valence-electron chi connectivity index (χ3n) is 9.33. The van der Waals surface area contributed by atoms with Gasteiger partial charge in [-0.05, 0) is 97.1 Å². The predicted octanol–water partition coefficient (Wildman–Crippen LogP) is 9.44. The van der Waals surface area contributed by atoms with Gasteiger partial charge in [-0.25, -0.2) is 0 Å². The van der Waals surface area contributed by atoms with Crippen molar-refractivity contribution in [1.82, 2.24) is 0 Å². The van der Waals surface area contributed by atoms with Gasteiger partial charge in [0.15, 0.2) is 0 Å². The van der Waals surface area contributed by atoms with Crippen LogP contribution in [0.25, 0.3) is 17.2 Å². The van der Waals surface area contributed by atoms with E-state index in [0.717, 1.165) is 31.1 Å². The summed E-state index contributed by atoms with van der Waals surface area (Å²) >= 11 is 0. The Bertz CT molecular complexity index is 1140. The standard InChI is InChI=1S/C34H42/c1-21-16-25(5)31(19-27-11-8-7-10-22(27)2)33(17-21)30-13-9-12-28-18-29(20-32(28)30)26(6)34-23(3)14-15-24(34)4/h9,12-13,16-18,22,26-27,34H,3-4,7-8,10-11,14-15,19-20H2,1-2,5-6H3/t22?,26-,27-/m0/s1. The van der Waals surface area contributed by atoms with Crippen LogP contribution in [-0.2, 0) is 12.8 Å². The van der Waals surface area contributed by atoms with Crippen molar-refractivity contribution in [2.45, 2.75) is 79.1 Å². The van der Waals surface area contributed by atoms with Crippen LogP contribution in [0, 0.1) is 37.5 Å². The lowest BCUT2D eigenvalue weighted by atomic mass is 9.75. The van der Waals surface area contributed by atoms with Crippen molar-refractivity contribution >= 4 is 6.08 Å². The summed E-state index contributed by atoms with van der Waals surface area (Å²) in [6, 6.07) is 11.8. The SMILES string of the molecule is C=C1CCC(=C)C1[C@@H](C)C1=Cc2cccc(-c3cc(C)cc(C)c3C[C@@H]3CCCCC3C)c2C1. The summed E-state index contributed by atoms with van der Waals surface area (Å²) in [6.45, 7) is 18.3. The second-order valence-corrected chi connectivity index (χ2v) is 11.7. The summed E-state index contributed by atoms with van der Waals surface area (Å²) in [6.07, 6.45) is 12.6. The van der Waals surface area contributed by atoms with Crippen molar-refractivity contribution in [3.8, 4) is 11.1 Å². The van der Waals surface area contributed by atoms with Crippen LogP contribution in [0.3, 0.4) is 0 Å². The Morgan fingerprint density at radius 3 is 2.44 bits per heavy atom. The fourth-order valence-corrected chi connectivity index (χ4v) is 7.25. The van der Waals surface area contributed by atoms with Gasteiger partial charge in [0.2, 0.25) is 0 Å². The number of hydrogen-bond acceptors (Lipinski definition) is 0. The van der Waals surface area contributed by atoms with E-state index < -0.39 is 0 Å². The maximum absolute atomic E-state index is 4.40. The van der Waals surface area contributed by atoms with Crippen LogP contribution in [0.1, 0.15) is 80.2 Å². The first-order valence-electron chi connectivity index (χ1n) is 13.6. The smallest absolute Gasteiger partial charge is 0.00649 e. The zero-order chi connectivity index (χ0) is 24.0. The van der Waals surface area contributed by atoms with Gasteiger partial charge in [0.05, 0.1) is 0 Å². The van der Waals surface area contributed by atoms with Crippen molar-refractivity contribution in [1.29, 1.82) is 0 Å². The average Bonchev–Trinajstić information content (AvgIpc) is 3.39. The van der Waals surface area contributed by atoms with E-state index in [1.165, 1.54) is 76.6 Å². The summed E-state index contributed by atoms with van der Waals surface area (Å²) in [5.41, 5.74) is 14.7. The summed E-state index contributed by atoms with van der Waals surface area (Å²) in [4.78, 5) is 0. The minimum atomic E-state index is 0.452. The molecule has 0 N–H and O–H groups in total. The van der Waals surface area contributed by atoms with Gasteiger partial charge in [-0.3, -0.25) is 0 Å². The van der Waals surface area contributed by atoms with Crippen molar-refractivity contribution < 1.29 is 0 Å². The molecular weight excluding hydrogens is 408 g/mol. The number of rotatable bonds is 5. The van der Waals surface area contributed by atoms with Gasteiger partial charge in [0, 0.05) is 5.92 Å². The molecule has 0 spiro atoms. The molecule has 178 valence electrons. The molecule has 0 radical (unpaired) electrons. The molecule has 2 aromatic rings. The Labute approximate surface area is 207 Å². The van der Waals surface area contributed by atoms with Gasteiger partial charge in [-0.15, -0.1) is 0 Å². The third-order valence-corrected chi connectivity index (χ3v) is 9.33. The molecule has 0 saturated heterocycles. The van der Waals surface area contributed by atoms with Crippen molar-refractivity contribution in [2.24, 2.45) is 23.7 Å². The Morgan fingerprint density at radius 1 is 0.971 bits per heavy atom. The zero-order valence-electron chi connectivity index (χ0n) is 21.8. The number of fused-ring (bicyclic) bond motifs is 1. The monoisotopic (exact) mass is 450 g/mol. The summed E-state index contributed by atoms with van der Waals surface area (Å²) in [5, 5.41) is 0. The topological polar surface area (TPSA) is 0 Å². The summed E-state index contributed by atoms with van der Waals surface area (Å²) < 4.78 is 0. The number of allylic oxidation sites excluding steroid dienone is 3. The minimum Gasteiger partial charge on any atom is -0.0992 e. The van der Waals surface area contributed by atoms with Gasteiger partial charge >= 0.3 is 0 Å².